The SMILES string of the molecule is NC(=O)c1ccc(Oc2ccccc2)cc1C(Cc1ccc(Cl)cc1)C(=O)N1CCC2OCC(=O)C21.NC(Cc1ccc(Cl)cc1)C(=O)N1CCC2OCC(=O)C21. The summed E-state index contributed by atoms with van der Waals surface area (Å²) in [6.45, 7) is 1.05. The number of fused-ring (bicyclic) bond motifs is 2. The number of para-hydroxylation sites is 1. The second-order valence-corrected chi connectivity index (χ2v) is 15.4. The second-order valence-electron chi connectivity index (χ2n) is 14.5. The number of ketones is 2. The van der Waals surface area contributed by atoms with Crippen molar-refractivity contribution in [1.29, 1.82) is 0 Å². The molecule has 0 spiro atoms. The molecule has 0 bridgehead atoms. The largest absolute Gasteiger partial charge is 0.457 e. The molecule has 0 radical (unpaired) electrons. The van der Waals surface area contributed by atoms with E-state index >= 15 is 0 Å². The first-order valence-electron chi connectivity index (χ1n) is 18.8. The van der Waals surface area contributed by atoms with Crippen LogP contribution in [-0.2, 0) is 41.5 Å². The summed E-state index contributed by atoms with van der Waals surface area (Å²) in [4.78, 5) is 66.5. The van der Waals surface area contributed by atoms with Gasteiger partial charge in [-0.15, -0.1) is 0 Å². The van der Waals surface area contributed by atoms with Crippen LogP contribution in [0, 0.1) is 0 Å². The van der Waals surface area contributed by atoms with Crippen LogP contribution in [0.4, 0.5) is 0 Å². The average molecular weight is 814 g/mol. The number of likely N-dealkylation sites (tertiary alicyclic amines) is 2. The van der Waals surface area contributed by atoms with Crippen molar-refractivity contribution in [2.24, 2.45) is 11.5 Å². The number of nitrogens with two attached hydrogens (primary N) is 2. The normalized spacial score (nSPS) is 22.0. The summed E-state index contributed by atoms with van der Waals surface area (Å²) >= 11 is 11.9. The number of nitrogens with zero attached hydrogens (tertiary/aromatic N) is 2. The van der Waals surface area contributed by atoms with Gasteiger partial charge in [0.15, 0.2) is 11.6 Å². The van der Waals surface area contributed by atoms with Crippen LogP contribution in [0.25, 0.3) is 0 Å². The number of Topliss-reactive ketones (excluding diaryl/α,β-unsaturated/α-hetero) is 2. The van der Waals surface area contributed by atoms with Crippen molar-refractivity contribution in [2.45, 2.75) is 61.9 Å². The van der Waals surface area contributed by atoms with E-state index in [4.69, 9.17) is 48.9 Å². The molecule has 4 aliphatic heterocycles. The van der Waals surface area contributed by atoms with Gasteiger partial charge in [-0.2, -0.15) is 0 Å². The van der Waals surface area contributed by atoms with Crippen molar-refractivity contribution in [3.05, 3.63) is 129 Å². The lowest BCUT2D eigenvalue weighted by molar-refractivity contribution is -0.137. The first-order chi connectivity index (χ1) is 27.5. The fourth-order valence-corrected chi connectivity index (χ4v) is 8.24. The van der Waals surface area contributed by atoms with Crippen LogP contribution < -0.4 is 16.2 Å². The minimum Gasteiger partial charge on any atom is -0.457 e. The molecule has 3 amide bonds. The minimum absolute atomic E-state index is 0.00784. The molecule has 57 heavy (non-hydrogen) atoms. The van der Waals surface area contributed by atoms with E-state index in [0.717, 1.165) is 11.1 Å². The number of hydrogen-bond donors (Lipinski definition) is 2. The van der Waals surface area contributed by atoms with Gasteiger partial charge in [-0.3, -0.25) is 24.0 Å². The molecule has 6 atom stereocenters. The van der Waals surface area contributed by atoms with E-state index in [1.54, 1.807) is 52.3 Å². The van der Waals surface area contributed by atoms with Crippen LogP contribution in [0.3, 0.4) is 0 Å². The Morgan fingerprint density at radius 1 is 0.702 bits per heavy atom. The molecule has 8 rings (SSSR count). The Bertz CT molecular complexity index is 2140. The van der Waals surface area contributed by atoms with Gasteiger partial charge in [0, 0.05) is 28.7 Å². The molecular weight excluding hydrogens is 771 g/mol. The Morgan fingerprint density at radius 2 is 1.23 bits per heavy atom. The molecule has 4 saturated heterocycles. The monoisotopic (exact) mass is 812 g/mol. The lowest BCUT2D eigenvalue weighted by Crippen LogP contribution is -2.50. The molecule has 6 unspecified atom stereocenters. The van der Waals surface area contributed by atoms with Crippen molar-refractivity contribution in [3.8, 4) is 11.5 Å². The van der Waals surface area contributed by atoms with Crippen LogP contribution in [0.5, 0.6) is 11.5 Å². The number of primary amides is 1. The third-order valence-electron chi connectivity index (χ3n) is 10.8. The summed E-state index contributed by atoms with van der Waals surface area (Å²) in [6.07, 6.45) is 1.57. The Balaban J connectivity index is 0.000000200. The lowest BCUT2D eigenvalue weighted by atomic mass is 9.86. The summed E-state index contributed by atoms with van der Waals surface area (Å²) in [6, 6.07) is 26.9. The summed E-state index contributed by atoms with van der Waals surface area (Å²) in [5, 5.41) is 1.23. The number of benzene rings is 4. The van der Waals surface area contributed by atoms with Crippen molar-refractivity contribution < 1.29 is 38.2 Å². The summed E-state index contributed by atoms with van der Waals surface area (Å²) < 4.78 is 17.0. The molecule has 14 heteroatoms. The van der Waals surface area contributed by atoms with Gasteiger partial charge in [-0.25, -0.2) is 0 Å². The topological polar surface area (TPSA) is 172 Å². The molecule has 4 aromatic carbocycles. The fourth-order valence-electron chi connectivity index (χ4n) is 7.99. The van der Waals surface area contributed by atoms with Crippen molar-refractivity contribution in [2.75, 3.05) is 26.3 Å². The Labute approximate surface area is 339 Å². The van der Waals surface area contributed by atoms with Gasteiger partial charge >= 0.3 is 0 Å². The highest BCUT2D eigenvalue weighted by Crippen LogP contribution is 2.36. The molecule has 4 aromatic rings. The molecule has 12 nitrogen and oxygen atoms in total. The first kappa shape index (κ1) is 40.1. The molecule has 4 N–H and O–H groups in total. The van der Waals surface area contributed by atoms with E-state index in [0.29, 0.717) is 59.5 Å². The molecule has 296 valence electrons. The summed E-state index contributed by atoms with van der Waals surface area (Å²) in [5.41, 5.74) is 14.2. The highest BCUT2D eigenvalue weighted by Gasteiger charge is 2.49. The standard InChI is InChI=1S/C28H25ClN2O5.C15H17ClN2O3/c29-18-8-6-17(7-9-18)14-23(28(34)31-13-12-25-26(31)24(32)16-35-25)22-15-20(10-11-21(22)27(30)33)36-19-4-2-1-3-5-19;16-10-3-1-9(2-4-10)7-11(17)15(20)18-6-5-13-14(18)12(19)8-21-13/h1-11,15,23,25-26H,12-14,16H2,(H2,30,33);1-4,11,13-14H,5-8,17H2. The van der Waals surface area contributed by atoms with Gasteiger partial charge in [0.1, 0.15) is 36.8 Å². The van der Waals surface area contributed by atoms with Crippen LogP contribution in [-0.4, -0.2) is 95.7 Å². The van der Waals surface area contributed by atoms with Gasteiger partial charge < -0.3 is 35.5 Å². The average Bonchev–Trinajstić information content (AvgIpc) is 4.00. The third kappa shape index (κ3) is 9.06. The van der Waals surface area contributed by atoms with Gasteiger partial charge in [0.25, 0.3) is 0 Å². The molecule has 0 aromatic heterocycles. The van der Waals surface area contributed by atoms with E-state index in [1.807, 2.05) is 54.6 Å². The molecule has 0 saturated carbocycles. The zero-order valence-electron chi connectivity index (χ0n) is 30.9. The van der Waals surface area contributed by atoms with Crippen LogP contribution in [0.2, 0.25) is 10.0 Å². The quantitative estimate of drug-likeness (QED) is 0.226. The Kier molecular flexibility index (Phi) is 12.4. The number of carbonyl (C=O) groups excluding carboxylic acids is 5. The zero-order chi connectivity index (χ0) is 40.2. The number of ether oxygens (including phenoxy) is 3. The van der Waals surface area contributed by atoms with Crippen molar-refractivity contribution in [1.82, 2.24) is 9.80 Å². The van der Waals surface area contributed by atoms with E-state index in [-0.39, 0.29) is 60.8 Å². The Hall–Kier alpha value is -5.11. The van der Waals surface area contributed by atoms with Crippen molar-refractivity contribution in [3.63, 3.8) is 0 Å². The Morgan fingerprint density at radius 3 is 1.77 bits per heavy atom. The number of rotatable bonds is 10. The van der Waals surface area contributed by atoms with Crippen LogP contribution in [0.1, 0.15) is 45.8 Å². The summed E-state index contributed by atoms with van der Waals surface area (Å²) in [7, 11) is 0. The fraction of sp³-hybridized carbons (Fsp3) is 0.326. The zero-order valence-corrected chi connectivity index (χ0v) is 32.4. The highest BCUT2D eigenvalue weighted by atomic mass is 35.5. The number of halogens is 2. The maximum atomic E-state index is 14.0. The number of amides is 3. The van der Waals surface area contributed by atoms with E-state index in [9.17, 15) is 24.0 Å². The predicted molar refractivity (Wildman–Crippen MR) is 212 cm³/mol. The molecular formula is C43H42Cl2N4O8. The predicted octanol–water partition coefficient (Wildman–Crippen LogP) is 4.90. The smallest absolute Gasteiger partial charge is 0.249 e. The molecule has 0 aliphatic carbocycles. The van der Waals surface area contributed by atoms with E-state index in [1.165, 1.54) is 0 Å². The number of carbonyl (C=O) groups is 5. The van der Waals surface area contributed by atoms with Crippen LogP contribution in [0.15, 0.2) is 97.1 Å². The molecule has 4 aliphatic rings. The first-order valence-corrected chi connectivity index (χ1v) is 19.5. The minimum atomic E-state index is -0.778. The van der Waals surface area contributed by atoms with E-state index in [2.05, 4.69) is 0 Å². The maximum Gasteiger partial charge on any atom is 0.249 e. The van der Waals surface area contributed by atoms with Gasteiger partial charge in [-0.05, 0) is 97.0 Å². The van der Waals surface area contributed by atoms with Crippen molar-refractivity contribution >= 4 is 52.5 Å². The molecule has 4 heterocycles. The number of hydrogen-bond acceptors (Lipinski definition) is 9. The summed E-state index contributed by atoms with van der Waals surface area (Å²) in [5.74, 6) is -0.907. The lowest BCUT2D eigenvalue weighted by Gasteiger charge is -2.28. The molecule has 4 fully saturated rings. The van der Waals surface area contributed by atoms with Gasteiger partial charge in [0.05, 0.1) is 24.2 Å². The van der Waals surface area contributed by atoms with E-state index < -0.39 is 30.0 Å². The van der Waals surface area contributed by atoms with Gasteiger partial charge in [-0.1, -0.05) is 65.7 Å². The highest BCUT2D eigenvalue weighted by molar-refractivity contribution is 6.30. The second kappa shape index (κ2) is 17.6. The van der Waals surface area contributed by atoms with Gasteiger partial charge in [0.2, 0.25) is 17.7 Å². The van der Waals surface area contributed by atoms with Crippen LogP contribution >= 0.6 is 23.2 Å². The third-order valence-corrected chi connectivity index (χ3v) is 11.3. The maximum absolute atomic E-state index is 14.0.